The van der Waals surface area contributed by atoms with Crippen LogP contribution in [0.5, 0.6) is 0 Å². The predicted molar refractivity (Wildman–Crippen MR) is 86.1 cm³/mol. The van der Waals surface area contributed by atoms with Crippen molar-refractivity contribution in [2.24, 2.45) is 0 Å². The average Bonchev–Trinajstić information content (AvgIpc) is 2.87. The van der Waals surface area contributed by atoms with Gasteiger partial charge in [-0.2, -0.15) is 0 Å². The van der Waals surface area contributed by atoms with E-state index >= 15 is 0 Å². The van der Waals surface area contributed by atoms with E-state index in [4.69, 9.17) is 0 Å². The Kier molecular flexibility index (Phi) is 6.06. The summed E-state index contributed by atoms with van der Waals surface area (Å²) in [7, 11) is 0. The van der Waals surface area contributed by atoms with Crippen molar-refractivity contribution in [3.8, 4) is 0 Å². The molecule has 0 radical (unpaired) electrons. The van der Waals surface area contributed by atoms with Gasteiger partial charge in [-0.1, -0.05) is 0 Å². The fourth-order valence-corrected chi connectivity index (χ4v) is 3.67. The fraction of sp³-hybridized carbons (Fsp3) is 0.214. The molecule has 1 heterocycles. The molecule has 2 nitrogen and oxygen atoms in total. The lowest BCUT2D eigenvalue weighted by Crippen LogP contribution is -2.23. The molecule has 2 aromatic rings. The van der Waals surface area contributed by atoms with Crippen LogP contribution in [0.4, 0.5) is 4.39 Å². The van der Waals surface area contributed by atoms with E-state index in [1.807, 2.05) is 6.07 Å². The summed E-state index contributed by atoms with van der Waals surface area (Å²) >= 11 is 6.41. The normalized spacial score (nSPS) is 10.5. The van der Waals surface area contributed by atoms with Gasteiger partial charge in [0.05, 0.1) is 8.66 Å². The zero-order valence-electron chi connectivity index (χ0n) is 10.6. The van der Waals surface area contributed by atoms with Crippen LogP contribution in [0, 0.1) is 5.82 Å². The standard InChI is InChI=1S/C14H13BrFNOS2/c15-13-7-6-12(20-13)14(18)17-8-1-9-19-11-4-2-10(16)3-5-11/h2-7H,1,8-9H2,(H,17,18). The van der Waals surface area contributed by atoms with Crippen molar-refractivity contribution in [3.05, 3.63) is 50.9 Å². The molecule has 0 atom stereocenters. The molecule has 0 bridgehead atoms. The number of rotatable bonds is 6. The molecule has 0 unspecified atom stereocenters. The second-order valence-electron chi connectivity index (χ2n) is 4.02. The lowest BCUT2D eigenvalue weighted by molar-refractivity contribution is 0.0958. The van der Waals surface area contributed by atoms with Crippen LogP contribution >= 0.6 is 39.0 Å². The summed E-state index contributed by atoms with van der Waals surface area (Å²) in [4.78, 5) is 13.5. The molecule has 0 aliphatic rings. The van der Waals surface area contributed by atoms with Crippen molar-refractivity contribution in [2.75, 3.05) is 12.3 Å². The zero-order chi connectivity index (χ0) is 14.4. The number of hydrogen-bond acceptors (Lipinski definition) is 3. The average molecular weight is 374 g/mol. The Morgan fingerprint density at radius 3 is 2.65 bits per heavy atom. The van der Waals surface area contributed by atoms with Crippen molar-refractivity contribution >= 4 is 44.9 Å². The molecule has 1 aromatic heterocycles. The number of hydrogen-bond donors (Lipinski definition) is 1. The van der Waals surface area contributed by atoms with Gasteiger partial charge in [0.2, 0.25) is 0 Å². The van der Waals surface area contributed by atoms with Gasteiger partial charge in [0, 0.05) is 11.4 Å². The zero-order valence-corrected chi connectivity index (χ0v) is 13.8. The van der Waals surface area contributed by atoms with Gasteiger partial charge in [-0.15, -0.1) is 23.1 Å². The molecule has 0 aliphatic heterocycles. The van der Waals surface area contributed by atoms with Crippen molar-refractivity contribution in [1.29, 1.82) is 0 Å². The quantitative estimate of drug-likeness (QED) is 0.593. The summed E-state index contributed by atoms with van der Waals surface area (Å²) in [5.74, 6) is 0.635. The van der Waals surface area contributed by atoms with E-state index in [0.29, 0.717) is 11.4 Å². The van der Waals surface area contributed by atoms with Crippen LogP contribution in [0.25, 0.3) is 0 Å². The third kappa shape index (κ3) is 4.92. The highest BCUT2D eigenvalue weighted by Crippen LogP contribution is 2.22. The third-order valence-electron chi connectivity index (χ3n) is 2.49. The molecular weight excluding hydrogens is 361 g/mol. The summed E-state index contributed by atoms with van der Waals surface area (Å²) in [6.07, 6.45) is 0.875. The van der Waals surface area contributed by atoms with Gasteiger partial charge >= 0.3 is 0 Å². The molecule has 0 saturated heterocycles. The molecule has 1 amide bonds. The van der Waals surface area contributed by atoms with Crippen molar-refractivity contribution < 1.29 is 9.18 Å². The highest BCUT2D eigenvalue weighted by molar-refractivity contribution is 9.11. The second-order valence-corrected chi connectivity index (χ2v) is 7.65. The maximum absolute atomic E-state index is 12.7. The van der Waals surface area contributed by atoms with Crippen LogP contribution in [0.2, 0.25) is 0 Å². The van der Waals surface area contributed by atoms with Crippen LogP contribution in [0.15, 0.2) is 45.1 Å². The summed E-state index contributed by atoms with van der Waals surface area (Å²) in [5.41, 5.74) is 0. The lowest BCUT2D eigenvalue weighted by atomic mass is 10.4. The molecule has 0 aliphatic carbocycles. The predicted octanol–water partition coefficient (Wildman–Crippen LogP) is 4.56. The van der Waals surface area contributed by atoms with Gasteiger partial charge in [-0.05, 0) is 64.5 Å². The number of halogens is 2. The number of carbonyl (C=O) groups is 1. The maximum Gasteiger partial charge on any atom is 0.261 e. The third-order valence-corrected chi connectivity index (χ3v) is 5.21. The molecular formula is C14H13BrFNOS2. The van der Waals surface area contributed by atoms with E-state index in [-0.39, 0.29) is 11.7 Å². The minimum Gasteiger partial charge on any atom is -0.351 e. The number of nitrogens with one attached hydrogen (secondary N) is 1. The van der Waals surface area contributed by atoms with E-state index in [2.05, 4.69) is 21.2 Å². The molecule has 0 saturated carbocycles. The van der Waals surface area contributed by atoms with Gasteiger partial charge in [0.25, 0.3) is 5.91 Å². The molecule has 0 fully saturated rings. The number of carbonyl (C=O) groups excluding carboxylic acids is 1. The Labute approximate surface area is 133 Å². The van der Waals surface area contributed by atoms with E-state index in [1.54, 1.807) is 30.0 Å². The van der Waals surface area contributed by atoms with E-state index in [9.17, 15) is 9.18 Å². The number of benzene rings is 1. The Hall–Kier alpha value is -0.850. The molecule has 20 heavy (non-hydrogen) atoms. The molecule has 1 aromatic carbocycles. The van der Waals surface area contributed by atoms with Gasteiger partial charge in [-0.3, -0.25) is 4.79 Å². The van der Waals surface area contributed by atoms with E-state index < -0.39 is 0 Å². The highest BCUT2D eigenvalue weighted by atomic mass is 79.9. The first-order valence-electron chi connectivity index (χ1n) is 6.07. The smallest absolute Gasteiger partial charge is 0.261 e. The van der Waals surface area contributed by atoms with Crippen molar-refractivity contribution in [1.82, 2.24) is 5.32 Å². The molecule has 106 valence electrons. The monoisotopic (exact) mass is 373 g/mol. The summed E-state index contributed by atoms with van der Waals surface area (Å²) < 4.78 is 13.7. The molecule has 6 heteroatoms. The van der Waals surface area contributed by atoms with Gasteiger partial charge in [-0.25, -0.2) is 4.39 Å². The first-order chi connectivity index (χ1) is 9.65. The van der Waals surface area contributed by atoms with Crippen LogP contribution in [-0.4, -0.2) is 18.2 Å². The Morgan fingerprint density at radius 1 is 1.25 bits per heavy atom. The summed E-state index contributed by atoms with van der Waals surface area (Å²) in [6, 6.07) is 10.1. The highest BCUT2D eigenvalue weighted by Gasteiger charge is 2.07. The van der Waals surface area contributed by atoms with Crippen molar-refractivity contribution in [3.63, 3.8) is 0 Å². The summed E-state index contributed by atoms with van der Waals surface area (Å²) in [5, 5.41) is 2.88. The Bertz CT molecular complexity index is 571. The topological polar surface area (TPSA) is 29.1 Å². The largest absolute Gasteiger partial charge is 0.351 e. The fourth-order valence-electron chi connectivity index (χ4n) is 1.52. The van der Waals surface area contributed by atoms with Gasteiger partial charge < -0.3 is 5.32 Å². The van der Waals surface area contributed by atoms with Crippen LogP contribution < -0.4 is 5.32 Å². The minimum absolute atomic E-state index is 0.0347. The lowest BCUT2D eigenvalue weighted by Gasteiger charge is -2.04. The second kappa shape index (κ2) is 7.81. The minimum atomic E-state index is -0.219. The Balaban J connectivity index is 1.64. The number of thioether (sulfide) groups is 1. The van der Waals surface area contributed by atoms with Crippen molar-refractivity contribution in [2.45, 2.75) is 11.3 Å². The van der Waals surface area contributed by atoms with Crippen LogP contribution in [0.3, 0.4) is 0 Å². The van der Waals surface area contributed by atoms with E-state index in [0.717, 1.165) is 20.9 Å². The Morgan fingerprint density at radius 2 is 2.00 bits per heavy atom. The molecule has 1 N–H and O–H groups in total. The first kappa shape index (κ1) is 15.5. The SMILES string of the molecule is O=C(NCCCSc1ccc(F)cc1)c1ccc(Br)s1. The van der Waals surface area contributed by atoms with E-state index in [1.165, 1.54) is 23.5 Å². The van der Waals surface area contributed by atoms with Crippen LogP contribution in [0.1, 0.15) is 16.1 Å². The molecule has 0 spiro atoms. The molecule has 2 rings (SSSR count). The maximum atomic E-state index is 12.7. The van der Waals surface area contributed by atoms with Gasteiger partial charge in [0.1, 0.15) is 5.82 Å². The summed E-state index contributed by atoms with van der Waals surface area (Å²) in [6.45, 7) is 0.641. The first-order valence-corrected chi connectivity index (χ1v) is 8.66. The number of thiophene rings is 1. The number of amides is 1. The van der Waals surface area contributed by atoms with Crippen LogP contribution in [-0.2, 0) is 0 Å². The van der Waals surface area contributed by atoms with Gasteiger partial charge in [0.15, 0.2) is 0 Å².